The smallest absolute Gasteiger partial charge is 0.335 e. The summed E-state index contributed by atoms with van der Waals surface area (Å²) in [4.78, 5) is 23.0. The van der Waals surface area contributed by atoms with Crippen molar-refractivity contribution in [3.05, 3.63) is 29.8 Å². The van der Waals surface area contributed by atoms with Gasteiger partial charge in [0.15, 0.2) is 11.9 Å². The zero-order chi connectivity index (χ0) is 20.4. The molecular formula is C22H28O7. The molecule has 7 nitrogen and oxygen atoms in total. The molecule has 2 bridgehead atoms. The topological polar surface area (TPSA) is 83.5 Å². The molecule has 4 heterocycles. The van der Waals surface area contributed by atoms with Gasteiger partial charge in [-0.15, -0.1) is 0 Å². The van der Waals surface area contributed by atoms with Crippen molar-refractivity contribution in [2.24, 2.45) is 23.7 Å². The first kappa shape index (κ1) is 19.3. The van der Waals surface area contributed by atoms with Crippen molar-refractivity contribution >= 4 is 5.97 Å². The first-order valence-electron chi connectivity index (χ1n) is 10.5. The van der Waals surface area contributed by atoms with E-state index in [4.69, 9.17) is 29.1 Å². The molecule has 0 radical (unpaired) electrons. The summed E-state index contributed by atoms with van der Waals surface area (Å²) in [7, 11) is 0. The van der Waals surface area contributed by atoms with Crippen LogP contribution in [-0.2, 0) is 19.2 Å². The Morgan fingerprint density at radius 1 is 1.10 bits per heavy atom. The van der Waals surface area contributed by atoms with Crippen LogP contribution in [0.3, 0.4) is 0 Å². The molecule has 1 saturated carbocycles. The van der Waals surface area contributed by atoms with Gasteiger partial charge in [-0.3, -0.25) is 0 Å². The van der Waals surface area contributed by atoms with Crippen molar-refractivity contribution < 1.29 is 33.9 Å². The molecule has 4 saturated heterocycles. The van der Waals surface area contributed by atoms with E-state index in [-0.39, 0.29) is 17.4 Å². The summed E-state index contributed by atoms with van der Waals surface area (Å²) in [5, 5.41) is 9.09. The van der Waals surface area contributed by atoms with Gasteiger partial charge in [0.1, 0.15) is 5.75 Å². The van der Waals surface area contributed by atoms with E-state index in [1.165, 1.54) is 12.1 Å². The first-order chi connectivity index (χ1) is 13.8. The molecule has 0 aromatic heterocycles. The zero-order valence-electron chi connectivity index (χ0n) is 17.0. The van der Waals surface area contributed by atoms with E-state index in [1.807, 2.05) is 6.92 Å². The van der Waals surface area contributed by atoms with Crippen LogP contribution in [0.25, 0.3) is 0 Å². The summed E-state index contributed by atoms with van der Waals surface area (Å²) in [5.41, 5.74) is -0.388. The quantitative estimate of drug-likeness (QED) is 0.763. The van der Waals surface area contributed by atoms with Crippen molar-refractivity contribution in [2.75, 3.05) is 0 Å². The Labute approximate surface area is 170 Å². The number of carboxylic acids is 1. The fourth-order valence-electron chi connectivity index (χ4n) is 5.82. The number of aromatic carboxylic acids is 1. The summed E-state index contributed by atoms with van der Waals surface area (Å²) >= 11 is 0. The standard InChI is InChI=1S/C22H28O7/c1-12-4-9-17-13(2)19(25-15-7-5-14(6-8-15)18(23)24)26-20-22(17)16(12)10-11-21(3,27-20)28-29-22/h5-8,12-13,16-17,19-20H,4,9-11H2,1-3H3,(H,23,24)/t12-,13-,16+,17+,19?,20-,21-,22-/m1/s1. The van der Waals surface area contributed by atoms with Crippen LogP contribution >= 0.6 is 0 Å². The van der Waals surface area contributed by atoms with Crippen LogP contribution in [0.4, 0.5) is 0 Å². The highest BCUT2D eigenvalue weighted by molar-refractivity contribution is 5.87. The van der Waals surface area contributed by atoms with Crippen LogP contribution in [0.2, 0.25) is 0 Å². The molecule has 1 spiro atoms. The van der Waals surface area contributed by atoms with E-state index in [1.54, 1.807) is 12.1 Å². The number of benzene rings is 1. The number of hydrogen-bond donors (Lipinski definition) is 1. The molecule has 1 unspecified atom stereocenters. The maximum absolute atomic E-state index is 11.1. The molecule has 1 N–H and O–H groups in total. The van der Waals surface area contributed by atoms with E-state index in [0.29, 0.717) is 17.6 Å². The molecule has 0 amide bonds. The number of carbonyl (C=O) groups is 1. The second kappa shape index (κ2) is 6.67. The summed E-state index contributed by atoms with van der Waals surface area (Å²) in [5.74, 6) is -0.121. The summed E-state index contributed by atoms with van der Waals surface area (Å²) in [6, 6.07) is 6.40. The Balaban J connectivity index is 1.44. The van der Waals surface area contributed by atoms with Crippen molar-refractivity contribution in [1.29, 1.82) is 0 Å². The number of rotatable bonds is 3. The van der Waals surface area contributed by atoms with Crippen LogP contribution in [0, 0.1) is 23.7 Å². The Morgan fingerprint density at radius 3 is 2.59 bits per heavy atom. The molecule has 1 aliphatic carbocycles. The lowest BCUT2D eigenvalue weighted by Gasteiger charge is -2.60. The second-order valence-corrected chi connectivity index (χ2v) is 9.22. The molecular weight excluding hydrogens is 376 g/mol. The van der Waals surface area contributed by atoms with Crippen LogP contribution < -0.4 is 4.74 Å². The van der Waals surface area contributed by atoms with Crippen molar-refractivity contribution in [1.82, 2.24) is 0 Å². The van der Waals surface area contributed by atoms with E-state index in [0.717, 1.165) is 25.7 Å². The minimum atomic E-state index is -0.962. The summed E-state index contributed by atoms with van der Waals surface area (Å²) in [6.45, 7) is 6.31. The number of fused-ring (bicyclic) bond motifs is 2. The molecule has 158 valence electrons. The second-order valence-electron chi connectivity index (χ2n) is 9.22. The Bertz CT molecular complexity index is 795. The maximum Gasteiger partial charge on any atom is 0.335 e. The molecule has 6 rings (SSSR count). The molecule has 29 heavy (non-hydrogen) atoms. The van der Waals surface area contributed by atoms with Gasteiger partial charge in [0.2, 0.25) is 12.1 Å². The highest BCUT2D eigenvalue weighted by atomic mass is 17.3. The third-order valence-electron chi connectivity index (χ3n) is 7.45. The van der Waals surface area contributed by atoms with E-state index in [2.05, 4.69) is 13.8 Å². The molecule has 4 aliphatic heterocycles. The molecule has 5 aliphatic rings. The lowest BCUT2D eigenvalue weighted by molar-refractivity contribution is -0.575. The highest BCUT2D eigenvalue weighted by Crippen LogP contribution is 2.60. The summed E-state index contributed by atoms with van der Waals surface area (Å²) < 4.78 is 18.8. The van der Waals surface area contributed by atoms with Gasteiger partial charge in [0, 0.05) is 18.3 Å². The largest absolute Gasteiger partial charge is 0.478 e. The lowest BCUT2D eigenvalue weighted by Crippen LogP contribution is -2.70. The van der Waals surface area contributed by atoms with Gasteiger partial charge >= 0.3 is 5.97 Å². The predicted octanol–water partition coefficient (Wildman–Crippen LogP) is 3.97. The van der Waals surface area contributed by atoms with Crippen molar-refractivity contribution in [3.8, 4) is 5.75 Å². The molecule has 7 heteroatoms. The lowest BCUT2D eigenvalue weighted by atomic mass is 9.58. The molecule has 1 aromatic rings. The van der Waals surface area contributed by atoms with Gasteiger partial charge in [-0.25, -0.2) is 14.6 Å². The minimum Gasteiger partial charge on any atom is -0.478 e. The van der Waals surface area contributed by atoms with Gasteiger partial charge in [0.25, 0.3) is 0 Å². The zero-order valence-corrected chi connectivity index (χ0v) is 17.0. The minimum absolute atomic E-state index is 0.0649. The summed E-state index contributed by atoms with van der Waals surface area (Å²) in [6.07, 6.45) is 2.83. The Kier molecular flexibility index (Phi) is 4.44. The molecule has 1 aromatic carbocycles. The van der Waals surface area contributed by atoms with Crippen LogP contribution in [0.5, 0.6) is 5.75 Å². The van der Waals surface area contributed by atoms with Gasteiger partial charge in [-0.1, -0.05) is 13.8 Å². The van der Waals surface area contributed by atoms with Crippen LogP contribution in [-0.4, -0.2) is 35.0 Å². The number of hydrogen-bond acceptors (Lipinski definition) is 6. The van der Waals surface area contributed by atoms with Gasteiger partial charge < -0.3 is 19.3 Å². The van der Waals surface area contributed by atoms with E-state index in [9.17, 15) is 4.79 Å². The maximum atomic E-state index is 11.1. The van der Waals surface area contributed by atoms with Crippen molar-refractivity contribution in [3.63, 3.8) is 0 Å². The first-order valence-corrected chi connectivity index (χ1v) is 10.5. The van der Waals surface area contributed by atoms with Gasteiger partial charge in [-0.05, 0) is 62.3 Å². The third kappa shape index (κ3) is 2.90. The van der Waals surface area contributed by atoms with Crippen LogP contribution in [0.15, 0.2) is 24.3 Å². The molecule has 5 fully saturated rings. The third-order valence-corrected chi connectivity index (χ3v) is 7.45. The Hall–Kier alpha value is -1.67. The predicted molar refractivity (Wildman–Crippen MR) is 101 cm³/mol. The average molecular weight is 404 g/mol. The highest BCUT2D eigenvalue weighted by Gasteiger charge is 2.69. The Morgan fingerprint density at radius 2 is 1.86 bits per heavy atom. The van der Waals surface area contributed by atoms with Gasteiger partial charge in [0.05, 0.1) is 5.56 Å². The van der Waals surface area contributed by atoms with E-state index < -0.39 is 29.9 Å². The van der Waals surface area contributed by atoms with Gasteiger partial charge in [-0.2, -0.15) is 0 Å². The number of ether oxygens (including phenoxy) is 3. The van der Waals surface area contributed by atoms with Crippen molar-refractivity contribution in [2.45, 2.75) is 70.4 Å². The fourth-order valence-corrected chi connectivity index (χ4v) is 5.82. The number of carboxylic acid groups (broad SMARTS) is 1. The SMILES string of the molecule is C[C@@H]1CC[C@H]2[C@@H](C)C(Oc3ccc(C(=O)O)cc3)O[C@@H]3O[C@@]4(C)CC[C@@H]1[C@]32OO4. The normalized spacial score (nSPS) is 45.9. The fraction of sp³-hybridized carbons (Fsp3) is 0.682. The van der Waals surface area contributed by atoms with Crippen LogP contribution in [0.1, 0.15) is 56.8 Å². The molecule has 8 atom stereocenters. The monoisotopic (exact) mass is 404 g/mol. The average Bonchev–Trinajstić information content (AvgIpc) is 2.92. The van der Waals surface area contributed by atoms with E-state index >= 15 is 0 Å².